The predicted molar refractivity (Wildman–Crippen MR) is 278 cm³/mol. The maximum atomic E-state index is 13.2. The van der Waals surface area contributed by atoms with E-state index in [1.165, 1.54) is 116 Å². The first-order chi connectivity index (χ1) is 31.5. The molecule has 0 aliphatic heterocycles. The highest BCUT2D eigenvalue weighted by Crippen LogP contribution is 2.17. The zero-order valence-electron chi connectivity index (χ0n) is 41.9. The van der Waals surface area contributed by atoms with Crippen LogP contribution in [0.15, 0.2) is 85.1 Å². The van der Waals surface area contributed by atoms with Gasteiger partial charge in [0.25, 0.3) is 0 Å². The average Bonchev–Trinajstić information content (AvgIpc) is 3.29. The number of hydrogen-bond donors (Lipinski definition) is 3. The molecule has 3 unspecified atom stereocenters. The first kappa shape index (κ1) is 61.0. The number of esters is 1. The number of nitrogens with one attached hydrogen (secondary N) is 1. The number of aliphatic hydroxyl groups is 2. The van der Waals surface area contributed by atoms with Gasteiger partial charge >= 0.3 is 5.97 Å². The Labute approximate surface area is 395 Å². The topological polar surface area (TPSA) is 95.9 Å². The Morgan fingerprint density at radius 1 is 0.469 bits per heavy atom. The fourth-order valence-electron chi connectivity index (χ4n) is 7.81. The molecule has 0 spiro atoms. The van der Waals surface area contributed by atoms with E-state index in [4.69, 9.17) is 4.74 Å². The highest BCUT2D eigenvalue weighted by Gasteiger charge is 2.24. The van der Waals surface area contributed by atoms with Gasteiger partial charge in [-0.1, -0.05) is 247 Å². The zero-order valence-corrected chi connectivity index (χ0v) is 41.9. The van der Waals surface area contributed by atoms with Gasteiger partial charge in [0.15, 0.2) is 0 Å². The molecule has 0 aliphatic carbocycles. The fourth-order valence-corrected chi connectivity index (χ4v) is 7.81. The molecule has 1 amide bonds. The summed E-state index contributed by atoms with van der Waals surface area (Å²) in [6.45, 7) is 6.33. The van der Waals surface area contributed by atoms with Gasteiger partial charge < -0.3 is 20.3 Å². The molecule has 0 heterocycles. The maximum Gasteiger partial charge on any atom is 0.306 e. The van der Waals surface area contributed by atoms with Crippen LogP contribution < -0.4 is 5.32 Å². The van der Waals surface area contributed by atoms with Crippen LogP contribution in [0.3, 0.4) is 0 Å². The Bertz CT molecular complexity index is 1230. The molecule has 0 aliphatic rings. The van der Waals surface area contributed by atoms with Crippen molar-refractivity contribution in [1.29, 1.82) is 0 Å². The summed E-state index contributed by atoms with van der Waals surface area (Å²) in [7, 11) is 0. The van der Waals surface area contributed by atoms with Crippen LogP contribution in [0.4, 0.5) is 0 Å². The summed E-state index contributed by atoms with van der Waals surface area (Å²) in [6.07, 6.45) is 66.4. The van der Waals surface area contributed by atoms with Gasteiger partial charge in [0.05, 0.1) is 25.2 Å². The first-order valence-corrected chi connectivity index (χ1v) is 26.9. The number of allylic oxidation sites excluding steroid dienone is 14. The summed E-state index contributed by atoms with van der Waals surface area (Å²) in [6, 6.07) is -0.720. The molecular formula is C58H101NO5. The van der Waals surface area contributed by atoms with Crippen molar-refractivity contribution < 1.29 is 24.5 Å². The van der Waals surface area contributed by atoms with Crippen LogP contribution >= 0.6 is 0 Å². The third-order valence-corrected chi connectivity index (χ3v) is 11.9. The summed E-state index contributed by atoms with van der Waals surface area (Å²) >= 11 is 0. The van der Waals surface area contributed by atoms with Gasteiger partial charge in [0, 0.05) is 6.42 Å². The van der Waals surface area contributed by atoms with Crippen molar-refractivity contribution >= 4 is 11.9 Å². The molecule has 368 valence electrons. The summed E-state index contributed by atoms with van der Waals surface area (Å²) in [5, 5.41) is 23.8. The normalized spacial score (nSPS) is 13.9. The average molecular weight is 892 g/mol. The molecule has 0 radical (unpaired) electrons. The molecule has 0 saturated heterocycles. The minimum Gasteiger partial charge on any atom is -0.462 e. The summed E-state index contributed by atoms with van der Waals surface area (Å²) in [5.41, 5.74) is 0. The fraction of sp³-hybridized carbons (Fsp3) is 0.724. The number of ether oxygens (including phenoxy) is 1. The van der Waals surface area contributed by atoms with Gasteiger partial charge in [-0.05, 0) is 70.6 Å². The molecular weight excluding hydrogens is 791 g/mol. The Hall–Kier alpha value is -2.96. The van der Waals surface area contributed by atoms with Crippen molar-refractivity contribution in [2.45, 2.75) is 264 Å². The molecule has 0 aromatic heterocycles. The van der Waals surface area contributed by atoms with Crippen molar-refractivity contribution in [3.8, 4) is 0 Å². The monoisotopic (exact) mass is 892 g/mol. The van der Waals surface area contributed by atoms with Crippen LogP contribution in [0, 0.1) is 0 Å². The number of unbranched alkanes of at least 4 members (excludes halogenated alkanes) is 26. The number of hydrogen-bond acceptors (Lipinski definition) is 5. The molecule has 64 heavy (non-hydrogen) atoms. The van der Waals surface area contributed by atoms with Crippen LogP contribution in [0.2, 0.25) is 0 Å². The maximum absolute atomic E-state index is 13.2. The minimum atomic E-state index is -0.803. The smallest absolute Gasteiger partial charge is 0.306 e. The largest absolute Gasteiger partial charge is 0.462 e. The van der Waals surface area contributed by atoms with Crippen molar-refractivity contribution in [2.75, 3.05) is 6.61 Å². The minimum absolute atomic E-state index is 0.0453. The second-order valence-corrected chi connectivity index (χ2v) is 18.0. The number of carbonyl (C=O) groups is 2. The Morgan fingerprint density at radius 3 is 1.34 bits per heavy atom. The van der Waals surface area contributed by atoms with Crippen molar-refractivity contribution in [1.82, 2.24) is 5.32 Å². The van der Waals surface area contributed by atoms with E-state index in [9.17, 15) is 19.8 Å². The van der Waals surface area contributed by atoms with E-state index in [1.54, 1.807) is 0 Å². The molecule has 0 saturated carbocycles. The third-order valence-electron chi connectivity index (χ3n) is 11.9. The number of rotatable bonds is 47. The van der Waals surface area contributed by atoms with Crippen molar-refractivity contribution in [2.24, 2.45) is 0 Å². The van der Waals surface area contributed by atoms with Crippen LogP contribution in [0.1, 0.15) is 245 Å². The second kappa shape index (κ2) is 51.0. The van der Waals surface area contributed by atoms with Gasteiger partial charge in [-0.15, -0.1) is 0 Å². The molecule has 0 aromatic rings. The van der Waals surface area contributed by atoms with Crippen LogP contribution in [0.5, 0.6) is 0 Å². The Balaban J connectivity index is 4.71. The van der Waals surface area contributed by atoms with Gasteiger partial charge in [-0.2, -0.15) is 0 Å². The molecule has 6 nitrogen and oxygen atoms in total. The number of aliphatic hydroxyl groups excluding tert-OH is 2. The molecule has 3 atom stereocenters. The van der Waals surface area contributed by atoms with E-state index in [-0.39, 0.29) is 24.9 Å². The first-order valence-electron chi connectivity index (χ1n) is 26.9. The summed E-state index contributed by atoms with van der Waals surface area (Å²) in [4.78, 5) is 26.2. The third kappa shape index (κ3) is 45.6. The predicted octanol–water partition coefficient (Wildman–Crippen LogP) is 16.3. The van der Waals surface area contributed by atoms with Crippen LogP contribution in [0.25, 0.3) is 0 Å². The lowest BCUT2D eigenvalue weighted by Gasteiger charge is -2.24. The van der Waals surface area contributed by atoms with E-state index in [2.05, 4.69) is 62.5 Å². The Morgan fingerprint density at radius 2 is 0.859 bits per heavy atom. The van der Waals surface area contributed by atoms with E-state index in [1.807, 2.05) is 48.6 Å². The lowest BCUT2D eigenvalue weighted by Crippen LogP contribution is -2.46. The SMILES string of the molecule is CC\C=C/C=C/C=C/C=C\C=C\C=C\CCCCCC(=O)OC(CCCCC/C=C/CCCCCCCCCCC)CC(=O)NC(CO)C(O)CCCCCCCCCCCCCC. The summed E-state index contributed by atoms with van der Waals surface area (Å²) in [5.74, 6) is -0.541. The lowest BCUT2D eigenvalue weighted by atomic mass is 10.0. The summed E-state index contributed by atoms with van der Waals surface area (Å²) < 4.78 is 5.92. The van der Waals surface area contributed by atoms with Crippen molar-refractivity contribution in [3.63, 3.8) is 0 Å². The number of carbonyl (C=O) groups excluding carboxylic acids is 2. The standard InChI is InChI=1S/C58H101NO5/c1-4-7-10-13-16-19-22-25-27-29-31-33-36-39-42-45-48-51-58(63)64-54(49-46-43-40-37-34-32-30-28-26-23-20-17-14-11-8-5-2)52-57(62)59-55(53-60)56(61)50-47-44-41-38-35-24-21-18-15-12-9-6-3/h7,10,13,16,19,22,25,27,29,31-34,36,54-56,60-61H,4-6,8-9,11-12,14-15,17-18,20-21,23-24,26,28,30,35,37-53H2,1-3H3,(H,59,62)/b10-7-,16-13+,22-19+,27-25-,31-29+,34-32+,36-33+. The van der Waals surface area contributed by atoms with Gasteiger partial charge in [-0.3, -0.25) is 9.59 Å². The van der Waals surface area contributed by atoms with E-state index < -0.39 is 18.2 Å². The van der Waals surface area contributed by atoms with Gasteiger partial charge in [0.2, 0.25) is 5.91 Å². The van der Waals surface area contributed by atoms with Crippen molar-refractivity contribution in [3.05, 3.63) is 85.1 Å². The molecule has 0 fully saturated rings. The quantitative estimate of drug-likeness (QED) is 0.0245. The zero-order chi connectivity index (χ0) is 46.7. The lowest BCUT2D eigenvalue weighted by molar-refractivity contribution is -0.151. The van der Waals surface area contributed by atoms with E-state index in [0.717, 1.165) is 83.5 Å². The molecule has 0 rings (SSSR count). The highest BCUT2D eigenvalue weighted by atomic mass is 16.5. The second-order valence-electron chi connectivity index (χ2n) is 18.0. The number of amides is 1. The molecule has 0 bridgehead atoms. The Kier molecular flexibility index (Phi) is 48.7. The van der Waals surface area contributed by atoms with Crippen LogP contribution in [-0.4, -0.2) is 46.9 Å². The van der Waals surface area contributed by atoms with Gasteiger partial charge in [0.1, 0.15) is 6.10 Å². The van der Waals surface area contributed by atoms with E-state index in [0.29, 0.717) is 19.3 Å². The van der Waals surface area contributed by atoms with Gasteiger partial charge in [-0.25, -0.2) is 0 Å². The molecule has 6 heteroatoms. The molecule has 3 N–H and O–H groups in total. The van der Waals surface area contributed by atoms with E-state index >= 15 is 0 Å². The van der Waals surface area contributed by atoms with Crippen LogP contribution in [-0.2, 0) is 14.3 Å². The highest BCUT2D eigenvalue weighted by molar-refractivity contribution is 5.77. The molecule has 0 aromatic carbocycles.